The molecule has 0 aliphatic heterocycles. The molecule has 2 aromatic rings. The Kier molecular flexibility index (Phi) is 3.69. The summed E-state index contributed by atoms with van der Waals surface area (Å²) in [5.41, 5.74) is -0.910. The molecule has 2 nitrogen and oxygen atoms in total. The smallest absolute Gasteiger partial charge is 0.258 e. The number of hydrogen-bond donors (Lipinski definition) is 1. The summed E-state index contributed by atoms with van der Waals surface area (Å²) in [5, 5.41) is 2.04. The predicted octanol–water partition coefficient (Wildman–Crippen LogP) is 3.63. The molecule has 0 atom stereocenters. The van der Waals surface area contributed by atoms with Gasteiger partial charge < -0.3 is 5.32 Å². The minimum absolute atomic E-state index is 0.155. The molecule has 1 N–H and O–H groups in total. The number of hydrogen-bond acceptors (Lipinski definition) is 1. The molecule has 0 saturated carbocycles. The Labute approximate surface area is 109 Å². The fraction of sp³-hybridized carbons (Fsp3) is 0. The quantitative estimate of drug-likeness (QED) is 0.663. The van der Waals surface area contributed by atoms with E-state index in [9.17, 15) is 26.7 Å². The Morgan fingerprint density at radius 1 is 0.800 bits per heavy atom. The second kappa shape index (κ2) is 5.28. The van der Waals surface area contributed by atoms with Crippen LogP contribution in [-0.4, -0.2) is 5.91 Å². The van der Waals surface area contributed by atoms with Gasteiger partial charge in [-0.25, -0.2) is 22.0 Å². The van der Waals surface area contributed by atoms with Crippen LogP contribution in [0.2, 0.25) is 0 Å². The van der Waals surface area contributed by atoms with Crippen molar-refractivity contribution in [2.75, 3.05) is 5.32 Å². The van der Waals surface area contributed by atoms with Gasteiger partial charge >= 0.3 is 0 Å². The van der Waals surface area contributed by atoms with Crippen LogP contribution < -0.4 is 5.32 Å². The van der Waals surface area contributed by atoms with Gasteiger partial charge in [-0.1, -0.05) is 0 Å². The van der Waals surface area contributed by atoms with Crippen LogP contribution in [0.4, 0.5) is 27.6 Å². The second-order valence-electron chi connectivity index (χ2n) is 3.81. The molecule has 0 saturated heterocycles. The average molecular weight is 287 g/mol. The van der Waals surface area contributed by atoms with E-state index in [1.807, 2.05) is 5.32 Å². The lowest BCUT2D eigenvalue weighted by Crippen LogP contribution is -2.15. The second-order valence-corrected chi connectivity index (χ2v) is 3.81. The third kappa shape index (κ3) is 2.61. The van der Waals surface area contributed by atoms with Crippen molar-refractivity contribution in [3.63, 3.8) is 0 Å². The fourth-order valence-electron chi connectivity index (χ4n) is 1.47. The summed E-state index contributed by atoms with van der Waals surface area (Å²) < 4.78 is 64.6. The van der Waals surface area contributed by atoms with E-state index >= 15 is 0 Å². The van der Waals surface area contributed by atoms with E-state index in [2.05, 4.69) is 0 Å². The predicted molar refractivity (Wildman–Crippen MR) is 60.6 cm³/mol. The van der Waals surface area contributed by atoms with Gasteiger partial charge in [0.05, 0.1) is 5.56 Å². The van der Waals surface area contributed by atoms with Gasteiger partial charge in [0.25, 0.3) is 5.91 Å². The Bertz CT molecular complexity index is 687. The van der Waals surface area contributed by atoms with Crippen LogP contribution in [0.3, 0.4) is 0 Å². The first-order chi connectivity index (χ1) is 9.40. The van der Waals surface area contributed by atoms with Crippen LogP contribution in [0.15, 0.2) is 30.3 Å². The number of halogens is 5. The zero-order chi connectivity index (χ0) is 14.9. The number of benzene rings is 2. The Morgan fingerprint density at radius 2 is 1.45 bits per heavy atom. The summed E-state index contributed by atoms with van der Waals surface area (Å²) in [6.07, 6.45) is 0. The van der Waals surface area contributed by atoms with Gasteiger partial charge in [-0.3, -0.25) is 4.79 Å². The molecule has 0 heterocycles. The molecule has 2 rings (SSSR count). The number of carbonyl (C=O) groups excluding carboxylic acids is 1. The van der Waals surface area contributed by atoms with E-state index in [1.54, 1.807) is 0 Å². The maximum atomic E-state index is 13.3. The van der Waals surface area contributed by atoms with E-state index in [4.69, 9.17) is 0 Å². The number of anilines is 1. The van der Waals surface area contributed by atoms with Crippen LogP contribution in [0.1, 0.15) is 10.4 Å². The number of rotatable bonds is 2. The molecule has 0 bridgehead atoms. The van der Waals surface area contributed by atoms with Crippen molar-refractivity contribution in [1.82, 2.24) is 0 Å². The highest BCUT2D eigenvalue weighted by Gasteiger charge is 2.19. The topological polar surface area (TPSA) is 29.1 Å². The summed E-state index contributed by atoms with van der Waals surface area (Å²) in [7, 11) is 0. The third-order valence-corrected chi connectivity index (χ3v) is 2.46. The summed E-state index contributed by atoms with van der Waals surface area (Å²) in [4.78, 5) is 11.6. The van der Waals surface area contributed by atoms with E-state index < -0.39 is 40.6 Å². The Balaban J connectivity index is 2.28. The highest BCUT2D eigenvalue weighted by atomic mass is 19.2. The molecule has 0 fully saturated rings. The highest BCUT2D eigenvalue weighted by Crippen LogP contribution is 2.18. The zero-order valence-corrected chi connectivity index (χ0v) is 9.68. The maximum Gasteiger partial charge on any atom is 0.258 e. The molecule has 0 aromatic heterocycles. The van der Waals surface area contributed by atoms with Crippen LogP contribution >= 0.6 is 0 Å². The molecular formula is C13H6F5NO. The molecule has 2 aromatic carbocycles. The van der Waals surface area contributed by atoms with E-state index in [0.29, 0.717) is 12.1 Å². The fourth-order valence-corrected chi connectivity index (χ4v) is 1.47. The highest BCUT2D eigenvalue weighted by molar-refractivity contribution is 6.04. The van der Waals surface area contributed by atoms with E-state index in [0.717, 1.165) is 18.2 Å². The van der Waals surface area contributed by atoms with Gasteiger partial charge in [0, 0.05) is 11.8 Å². The minimum Gasteiger partial charge on any atom is -0.322 e. The summed E-state index contributed by atoms with van der Waals surface area (Å²) in [6.45, 7) is 0. The lowest BCUT2D eigenvalue weighted by atomic mass is 10.1. The van der Waals surface area contributed by atoms with Crippen molar-refractivity contribution in [3.8, 4) is 0 Å². The van der Waals surface area contributed by atoms with E-state index in [1.165, 1.54) is 0 Å². The molecule has 0 radical (unpaired) electrons. The maximum absolute atomic E-state index is 13.3. The Morgan fingerprint density at radius 3 is 2.10 bits per heavy atom. The van der Waals surface area contributed by atoms with Crippen LogP contribution in [0.25, 0.3) is 0 Å². The molecule has 7 heteroatoms. The van der Waals surface area contributed by atoms with Crippen molar-refractivity contribution < 1.29 is 26.7 Å². The summed E-state index contributed by atoms with van der Waals surface area (Å²) >= 11 is 0. The number of amides is 1. The molecule has 0 aliphatic rings. The summed E-state index contributed by atoms with van der Waals surface area (Å²) in [6, 6.07) is 3.78. The monoisotopic (exact) mass is 287 g/mol. The van der Waals surface area contributed by atoms with Crippen molar-refractivity contribution in [1.29, 1.82) is 0 Å². The van der Waals surface area contributed by atoms with Crippen LogP contribution in [-0.2, 0) is 0 Å². The van der Waals surface area contributed by atoms with E-state index in [-0.39, 0.29) is 5.69 Å². The number of nitrogens with one attached hydrogen (secondary N) is 1. The van der Waals surface area contributed by atoms with Gasteiger partial charge in [-0.05, 0) is 24.3 Å². The van der Waals surface area contributed by atoms with Crippen molar-refractivity contribution in [2.45, 2.75) is 0 Å². The van der Waals surface area contributed by atoms with Gasteiger partial charge in [0.15, 0.2) is 29.1 Å². The first-order valence-electron chi connectivity index (χ1n) is 5.30. The zero-order valence-electron chi connectivity index (χ0n) is 9.68. The standard InChI is InChI=1S/C13H6F5NO/c14-8-3-1-6(5-10(8)16)19-13(20)7-2-4-9(15)12(18)11(7)17/h1-5H,(H,19,20). The first kappa shape index (κ1) is 14.0. The summed E-state index contributed by atoms with van der Waals surface area (Å²) in [5.74, 6) is -8.34. The van der Waals surface area contributed by atoms with Gasteiger partial charge in [-0.2, -0.15) is 0 Å². The SMILES string of the molecule is O=C(Nc1ccc(F)c(F)c1)c1ccc(F)c(F)c1F. The minimum atomic E-state index is -1.79. The molecule has 1 amide bonds. The molecule has 20 heavy (non-hydrogen) atoms. The van der Waals surface area contributed by atoms with Gasteiger partial charge in [0.2, 0.25) is 0 Å². The third-order valence-electron chi connectivity index (χ3n) is 2.46. The van der Waals surface area contributed by atoms with Crippen LogP contribution in [0, 0.1) is 29.1 Å². The van der Waals surface area contributed by atoms with Crippen molar-refractivity contribution in [2.24, 2.45) is 0 Å². The molecule has 0 aliphatic carbocycles. The van der Waals surface area contributed by atoms with Gasteiger partial charge in [-0.15, -0.1) is 0 Å². The molecular weight excluding hydrogens is 281 g/mol. The molecule has 0 spiro atoms. The largest absolute Gasteiger partial charge is 0.322 e. The van der Waals surface area contributed by atoms with Crippen molar-refractivity contribution >= 4 is 11.6 Å². The molecule has 0 unspecified atom stereocenters. The normalized spacial score (nSPS) is 10.4. The number of carbonyl (C=O) groups is 1. The first-order valence-corrected chi connectivity index (χ1v) is 5.30. The average Bonchev–Trinajstić information content (AvgIpc) is 2.40. The lowest BCUT2D eigenvalue weighted by Gasteiger charge is -2.07. The van der Waals surface area contributed by atoms with Gasteiger partial charge in [0.1, 0.15) is 0 Å². The Hall–Kier alpha value is -2.44. The van der Waals surface area contributed by atoms with Crippen LogP contribution in [0.5, 0.6) is 0 Å². The lowest BCUT2D eigenvalue weighted by molar-refractivity contribution is 0.102. The van der Waals surface area contributed by atoms with Crippen molar-refractivity contribution in [3.05, 3.63) is 65.0 Å². The molecule has 104 valence electrons.